The van der Waals surface area contributed by atoms with E-state index in [0.717, 1.165) is 0 Å². The van der Waals surface area contributed by atoms with Gasteiger partial charge in [0.25, 0.3) is 0 Å². The van der Waals surface area contributed by atoms with Gasteiger partial charge in [0.05, 0.1) is 25.1 Å². The predicted molar refractivity (Wildman–Crippen MR) is 70.6 cm³/mol. The maximum atomic E-state index is 12.1. The number of anilines is 1. The Morgan fingerprint density at radius 3 is 2.90 bits per heavy atom. The van der Waals surface area contributed by atoms with Gasteiger partial charge in [-0.3, -0.25) is 4.68 Å². The van der Waals surface area contributed by atoms with Crippen molar-refractivity contribution >= 4 is 17.7 Å². The minimum atomic E-state index is -1.07. The molecule has 1 saturated heterocycles. The zero-order valence-electron chi connectivity index (χ0n) is 11.4. The Kier molecular flexibility index (Phi) is 4.23. The Bertz CT molecular complexity index is 499. The molecule has 0 aliphatic carbocycles. The standard InChI is InChI=1S/C12H18N4O4/c1-8(2)16-6-9(5-13-16)14-12(19)15-3-4-20-7-10(15)11(17)18/h5-6,8,10H,3-4,7H2,1-2H3,(H,14,19)(H,17,18). The first-order chi connectivity index (χ1) is 9.49. The molecule has 1 aromatic rings. The number of urea groups is 1. The second-order valence-corrected chi connectivity index (χ2v) is 4.86. The van der Waals surface area contributed by atoms with Crippen LogP contribution in [0.2, 0.25) is 0 Å². The van der Waals surface area contributed by atoms with Crippen LogP contribution in [0.25, 0.3) is 0 Å². The third-order valence-corrected chi connectivity index (χ3v) is 3.06. The van der Waals surface area contributed by atoms with Gasteiger partial charge in [0, 0.05) is 18.8 Å². The first kappa shape index (κ1) is 14.3. The van der Waals surface area contributed by atoms with Crippen LogP contribution in [0.5, 0.6) is 0 Å². The van der Waals surface area contributed by atoms with Crippen molar-refractivity contribution in [2.45, 2.75) is 25.9 Å². The number of nitrogens with zero attached hydrogens (tertiary/aromatic N) is 3. The second-order valence-electron chi connectivity index (χ2n) is 4.86. The molecule has 0 radical (unpaired) electrons. The summed E-state index contributed by atoms with van der Waals surface area (Å²) in [5.74, 6) is -1.07. The predicted octanol–water partition coefficient (Wildman–Crippen LogP) is 0.781. The molecule has 2 N–H and O–H groups in total. The van der Waals surface area contributed by atoms with Crippen molar-refractivity contribution in [3.8, 4) is 0 Å². The molecule has 2 heterocycles. The van der Waals surface area contributed by atoms with Crippen molar-refractivity contribution in [3.63, 3.8) is 0 Å². The molecule has 0 saturated carbocycles. The number of morpholine rings is 1. The van der Waals surface area contributed by atoms with Crippen LogP contribution in [0.15, 0.2) is 12.4 Å². The molecule has 2 amide bonds. The Balaban J connectivity index is 2.04. The molecule has 0 aromatic carbocycles. The van der Waals surface area contributed by atoms with E-state index in [1.165, 1.54) is 11.1 Å². The molecule has 1 fully saturated rings. The molecule has 1 unspecified atom stereocenters. The maximum absolute atomic E-state index is 12.1. The van der Waals surface area contributed by atoms with Crippen molar-refractivity contribution in [2.24, 2.45) is 0 Å². The molecule has 8 nitrogen and oxygen atoms in total. The minimum absolute atomic E-state index is 0.00795. The lowest BCUT2D eigenvalue weighted by Gasteiger charge is -2.32. The van der Waals surface area contributed by atoms with Crippen LogP contribution in [0, 0.1) is 0 Å². The van der Waals surface area contributed by atoms with Crippen molar-refractivity contribution in [1.82, 2.24) is 14.7 Å². The van der Waals surface area contributed by atoms with Crippen LogP contribution < -0.4 is 5.32 Å². The highest BCUT2D eigenvalue weighted by atomic mass is 16.5. The van der Waals surface area contributed by atoms with E-state index in [-0.39, 0.29) is 19.2 Å². The van der Waals surface area contributed by atoms with Gasteiger partial charge in [0.15, 0.2) is 6.04 Å². The molecule has 1 aromatic heterocycles. The number of carbonyl (C=O) groups excluding carboxylic acids is 1. The average Bonchev–Trinajstić information content (AvgIpc) is 2.87. The van der Waals surface area contributed by atoms with Gasteiger partial charge in [0.2, 0.25) is 0 Å². The third-order valence-electron chi connectivity index (χ3n) is 3.06. The van der Waals surface area contributed by atoms with Gasteiger partial charge in [0.1, 0.15) is 0 Å². The van der Waals surface area contributed by atoms with E-state index >= 15 is 0 Å². The van der Waals surface area contributed by atoms with Gasteiger partial charge in [-0.05, 0) is 13.8 Å². The van der Waals surface area contributed by atoms with Crippen LogP contribution in [0.1, 0.15) is 19.9 Å². The molecule has 1 aliphatic rings. The molecule has 110 valence electrons. The van der Waals surface area contributed by atoms with Crippen molar-refractivity contribution in [1.29, 1.82) is 0 Å². The Morgan fingerprint density at radius 1 is 1.55 bits per heavy atom. The summed E-state index contributed by atoms with van der Waals surface area (Å²) in [6.07, 6.45) is 3.24. The SMILES string of the molecule is CC(C)n1cc(NC(=O)N2CCOCC2C(=O)O)cn1. The molecule has 2 rings (SSSR count). The number of amides is 2. The van der Waals surface area contributed by atoms with Gasteiger partial charge in [-0.25, -0.2) is 9.59 Å². The Hall–Kier alpha value is -2.09. The second kappa shape index (κ2) is 5.91. The number of carboxylic acids is 1. The quantitative estimate of drug-likeness (QED) is 0.854. The number of carbonyl (C=O) groups is 2. The highest BCUT2D eigenvalue weighted by molar-refractivity contribution is 5.92. The van der Waals surface area contributed by atoms with Gasteiger partial charge >= 0.3 is 12.0 Å². The smallest absolute Gasteiger partial charge is 0.328 e. The van der Waals surface area contributed by atoms with E-state index in [9.17, 15) is 9.59 Å². The topological polar surface area (TPSA) is 96.7 Å². The fourth-order valence-corrected chi connectivity index (χ4v) is 1.93. The number of hydrogen-bond donors (Lipinski definition) is 2. The molecular weight excluding hydrogens is 264 g/mol. The number of aliphatic carboxylic acids is 1. The summed E-state index contributed by atoms with van der Waals surface area (Å²) in [5, 5.41) is 15.8. The summed E-state index contributed by atoms with van der Waals surface area (Å²) in [6.45, 7) is 4.54. The average molecular weight is 282 g/mol. The van der Waals surface area contributed by atoms with Gasteiger partial charge in [-0.1, -0.05) is 0 Å². The van der Waals surface area contributed by atoms with Gasteiger partial charge < -0.3 is 20.1 Å². The van der Waals surface area contributed by atoms with E-state index in [0.29, 0.717) is 12.3 Å². The number of rotatable bonds is 3. The highest BCUT2D eigenvalue weighted by Crippen LogP contribution is 2.13. The Labute approximate surface area is 116 Å². The van der Waals surface area contributed by atoms with E-state index < -0.39 is 18.0 Å². The van der Waals surface area contributed by atoms with Crippen LogP contribution in [-0.2, 0) is 9.53 Å². The van der Waals surface area contributed by atoms with E-state index in [1.54, 1.807) is 10.9 Å². The number of hydrogen-bond acceptors (Lipinski definition) is 4. The van der Waals surface area contributed by atoms with Crippen LogP contribution >= 0.6 is 0 Å². The highest BCUT2D eigenvalue weighted by Gasteiger charge is 2.32. The summed E-state index contributed by atoms with van der Waals surface area (Å²) in [5.41, 5.74) is 0.541. The molecule has 20 heavy (non-hydrogen) atoms. The Morgan fingerprint density at radius 2 is 2.30 bits per heavy atom. The number of carboxylic acid groups (broad SMARTS) is 1. The normalized spacial score (nSPS) is 19.1. The summed E-state index contributed by atoms with van der Waals surface area (Å²) in [7, 11) is 0. The minimum Gasteiger partial charge on any atom is -0.480 e. The lowest BCUT2D eigenvalue weighted by molar-refractivity contribution is -0.147. The summed E-state index contributed by atoms with van der Waals surface area (Å²) in [6, 6.07) is -1.22. The summed E-state index contributed by atoms with van der Waals surface area (Å²) >= 11 is 0. The zero-order valence-corrected chi connectivity index (χ0v) is 11.4. The first-order valence-electron chi connectivity index (χ1n) is 6.41. The molecular formula is C12H18N4O4. The van der Waals surface area contributed by atoms with E-state index in [1.807, 2.05) is 13.8 Å². The van der Waals surface area contributed by atoms with Crippen molar-refractivity contribution in [2.75, 3.05) is 25.1 Å². The number of ether oxygens (including phenoxy) is 1. The van der Waals surface area contributed by atoms with Gasteiger partial charge in [-0.2, -0.15) is 5.10 Å². The van der Waals surface area contributed by atoms with Crippen LogP contribution in [0.3, 0.4) is 0 Å². The molecule has 1 atom stereocenters. The maximum Gasteiger partial charge on any atom is 0.328 e. The molecule has 0 bridgehead atoms. The molecule has 1 aliphatic heterocycles. The first-order valence-corrected chi connectivity index (χ1v) is 6.41. The lowest BCUT2D eigenvalue weighted by Crippen LogP contribution is -2.53. The molecule has 8 heteroatoms. The fourth-order valence-electron chi connectivity index (χ4n) is 1.93. The number of nitrogens with one attached hydrogen (secondary N) is 1. The van der Waals surface area contributed by atoms with Crippen LogP contribution in [-0.4, -0.2) is 57.6 Å². The van der Waals surface area contributed by atoms with E-state index in [2.05, 4.69) is 10.4 Å². The van der Waals surface area contributed by atoms with E-state index in [4.69, 9.17) is 9.84 Å². The van der Waals surface area contributed by atoms with Gasteiger partial charge in [-0.15, -0.1) is 0 Å². The van der Waals surface area contributed by atoms with Crippen molar-refractivity contribution < 1.29 is 19.4 Å². The van der Waals surface area contributed by atoms with Crippen molar-refractivity contribution in [3.05, 3.63) is 12.4 Å². The number of aromatic nitrogens is 2. The third kappa shape index (κ3) is 3.08. The fraction of sp³-hybridized carbons (Fsp3) is 0.583. The lowest BCUT2D eigenvalue weighted by atomic mass is 10.2. The monoisotopic (exact) mass is 282 g/mol. The zero-order chi connectivity index (χ0) is 14.7. The summed E-state index contributed by atoms with van der Waals surface area (Å²) in [4.78, 5) is 24.5. The summed E-state index contributed by atoms with van der Waals surface area (Å²) < 4.78 is 6.80. The largest absolute Gasteiger partial charge is 0.480 e. The van der Waals surface area contributed by atoms with Crippen LogP contribution in [0.4, 0.5) is 10.5 Å². The molecule has 0 spiro atoms.